The van der Waals surface area contributed by atoms with E-state index in [1.54, 1.807) is 0 Å². The third kappa shape index (κ3) is 3.73. The lowest BCUT2D eigenvalue weighted by molar-refractivity contribution is 0.0929. The average molecular weight is 323 g/mol. The Kier molecular flexibility index (Phi) is 4.89. The van der Waals surface area contributed by atoms with Gasteiger partial charge in [-0.15, -0.1) is 0 Å². The number of hydrogen-bond donors (Lipinski definition) is 2. The Morgan fingerprint density at radius 2 is 2.00 bits per heavy atom. The highest BCUT2D eigenvalue weighted by Crippen LogP contribution is 2.35. The van der Waals surface area contributed by atoms with Crippen molar-refractivity contribution >= 4 is 17.6 Å². The van der Waals surface area contributed by atoms with E-state index in [4.69, 9.17) is 11.6 Å². The molecule has 2 atom stereocenters. The third-order valence-corrected chi connectivity index (χ3v) is 5.07. The van der Waals surface area contributed by atoms with E-state index in [-0.39, 0.29) is 18.2 Å². The number of carbonyl (C=O) groups excluding carboxylic acids is 1. The number of hydrogen-bond acceptors (Lipinski definition) is 2. The van der Waals surface area contributed by atoms with E-state index in [0.717, 1.165) is 24.3 Å². The van der Waals surface area contributed by atoms with E-state index >= 15 is 0 Å². The van der Waals surface area contributed by atoms with Crippen molar-refractivity contribution in [1.82, 2.24) is 10.2 Å². The molecule has 1 aromatic carbocycles. The largest absolute Gasteiger partial charge is 0.393 e. The van der Waals surface area contributed by atoms with Gasteiger partial charge in [-0.2, -0.15) is 0 Å². The summed E-state index contributed by atoms with van der Waals surface area (Å²) in [6, 6.07) is 8.29. The number of aliphatic hydroxyl groups excluding tert-OH is 1. The molecule has 120 valence electrons. The number of carbonyl (C=O) groups is 1. The molecule has 0 bridgehead atoms. The van der Waals surface area contributed by atoms with Crippen LogP contribution in [0.1, 0.15) is 43.6 Å². The molecule has 2 unspecified atom stereocenters. The molecule has 1 aliphatic heterocycles. The van der Waals surface area contributed by atoms with E-state index in [0.29, 0.717) is 31.8 Å². The maximum Gasteiger partial charge on any atom is 0.317 e. The van der Waals surface area contributed by atoms with Crippen molar-refractivity contribution in [1.29, 1.82) is 0 Å². The Balaban J connectivity index is 1.51. The summed E-state index contributed by atoms with van der Waals surface area (Å²) in [7, 11) is 0. The van der Waals surface area contributed by atoms with Crippen LogP contribution in [0, 0.1) is 0 Å². The molecule has 0 aromatic heterocycles. The predicted molar refractivity (Wildman–Crippen MR) is 87.2 cm³/mol. The number of urea groups is 1. The van der Waals surface area contributed by atoms with Crippen molar-refractivity contribution in [2.75, 3.05) is 13.1 Å². The minimum atomic E-state index is -0.247. The number of benzene rings is 1. The summed E-state index contributed by atoms with van der Waals surface area (Å²) in [5.74, 6) is 0.479. The molecule has 1 aromatic rings. The highest BCUT2D eigenvalue weighted by Gasteiger charge is 2.29. The van der Waals surface area contributed by atoms with E-state index in [9.17, 15) is 9.90 Å². The molecule has 0 radical (unpaired) electrons. The maximum absolute atomic E-state index is 12.3. The zero-order chi connectivity index (χ0) is 15.5. The van der Waals surface area contributed by atoms with Gasteiger partial charge in [-0.1, -0.05) is 23.7 Å². The summed E-state index contributed by atoms with van der Waals surface area (Å²) in [6.07, 6.45) is 4.20. The van der Waals surface area contributed by atoms with Crippen LogP contribution in [-0.4, -0.2) is 41.3 Å². The number of likely N-dealkylation sites (tertiary alicyclic amines) is 1. The van der Waals surface area contributed by atoms with Crippen molar-refractivity contribution in [2.45, 2.75) is 50.2 Å². The topological polar surface area (TPSA) is 52.6 Å². The molecule has 1 saturated carbocycles. The molecule has 2 amide bonds. The van der Waals surface area contributed by atoms with Gasteiger partial charge in [0, 0.05) is 24.2 Å². The molecule has 4 nitrogen and oxygen atoms in total. The fourth-order valence-electron chi connectivity index (χ4n) is 3.51. The Morgan fingerprint density at radius 3 is 2.73 bits per heavy atom. The summed E-state index contributed by atoms with van der Waals surface area (Å²) in [6.45, 7) is 1.30. The Morgan fingerprint density at radius 1 is 1.23 bits per heavy atom. The van der Waals surface area contributed by atoms with Gasteiger partial charge in [0.2, 0.25) is 0 Å². The second-order valence-electron chi connectivity index (χ2n) is 6.43. The predicted octanol–water partition coefficient (Wildman–Crippen LogP) is 3.14. The van der Waals surface area contributed by atoms with Gasteiger partial charge < -0.3 is 15.3 Å². The van der Waals surface area contributed by atoms with Crippen LogP contribution in [0.5, 0.6) is 0 Å². The number of amides is 2. The molecular weight excluding hydrogens is 300 g/mol. The molecule has 5 heteroatoms. The van der Waals surface area contributed by atoms with Crippen LogP contribution in [0.15, 0.2) is 24.3 Å². The van der Waals surface area contributed by atoms with E-state index in [1.165, 1.54) is 5.56 Å². The smallest absolute Gasteiger partial charge is 0.317 e. The van der Waals surface area contributed by atoms with E-state index in [1.807, 2.05) is 23.1 Å². The molecule has 0 spiro atoms. The summed E-state index contributed by atoms with van der Waals surface area (Å²) in [4.78, 5) is 14.1. The van der Waals surface area contributed by atoms with E-state index < -0.39 is 0 Å². The summed E-state index contributed by atoms with van der Waals surface area (Å²) in [5, 5.41) is 13.4. The summed E-state index contributed by atoms with van der Waals surface area (Å²) < 4.78 is 0. The lowest BCUT2D eigenvalue weighted by Gasteiger charge is -2.30. The van der Waals surface area contributed by atoms with Crippen molar-refractivity contribution in [3.63, 3.8) is 0 Å². The molecule has 1 aliphatic carbocycles. The van der Waals surface area contributed by atoms with E-state index in [2.05, 4.69) is 11.4 Å². The van der Waals surface area contributed by atoms with Gasteiger partial charge in [-0.05, 0) is 55.7 Å². The SMILES string of the molecule is O=C(NC1CCC(c2cccc(Cl)c2)C1)N1CCC(O)CC1. The van der Waals surface area contributed by atoms with Crippen LogP contribution in [0.3, 0.4) is 0 Å². The number of halogens is 1. The fraction of sp³-hybridized carbons (Fsp3) is 0.588. The average Bonchev–Trinajstić information content (AvgIpc) is 2.96. The van der Waals surface area contributed by atoms with Gasteiger partial charge in [0.15, 0.2) is 0 Å². The first-order valence-corrected chi connectivity index (χ1v) is 8.48. The zero-order valence-electron chi connectivity index (χ0n) is 12.7. The normalized spacial score (nSPS) is 26.2. The molecule has 1 saturated heterocycles. The Hall–Kier alpha value is -1.26. The van der Waals surface area contributed by atoms with Crippen molar-refractivity contribution in [3.05, 3.63) is 34.9 Å². The van der Waals surface area contributed by atoms with Crippen molar-refractivity contribution in [3.8, 4) is 0 Å². The minimum absolute atomic E-state index is 0.0173. The summed E-state index contributed by atoms with van der Waals surface area (Å²) >= 11 is 6.06. The first-order chi connectivity index (χ1) is 10.6. The van der Waals surface area contributed by atoms with Crippen LogP contribution in [0.4, 0.5) is 4.79 Å². The number of aliphatic hydroxyl groups is 1. The first kappa shape index (κ1) is 15.6. The highest BCUT2D eigenvalue weighted by atomic mass is 35.5. The van der Waals surface area contributed by atoms with Crippen LogP contribution in [-0.2, 0) is 0 Å². The van der Waals surface area contributed by atoms with Crippen LogP contribution in [0.2, 0.25) is 5.02 Å². The number of nitrogens with one attached hydrogen (secondary N) is 1. The second-order valence-corrected chi connectivity index (χ2v) is 6.87. The van der Waals surface area contributed by atoms with Gasteiger partial charge in [0.05, 0.1) is 6.10 Å². The van der Waals surface area contributed by atoms with Gasteiger partial charge in [-0.3, -0.25) is 0 Å². The van der Waals surface area contributed by atoms with Gasteiger partial charge in [0.25, 0.3) is 0 Å². The zero-order valence-corrected chi connectivity index (χ0v) is 13.4. The van der Waals surface area contributed by atoms with Crippen LogP contribution >= 0.6 is 11.6 Å². The van der Waals surface area contributed by atoms with Crippen molar-refractivity contribution < 1.29 is 9.90 Å². The Bertz CT molecular complexity index is 529. The van der Waals surface area contributed by atoms with Crippen LogP contribution in [0.25, 0.3) is 0 Å². The quantitative estimate of drug-likeness (QED) is 0.879. The van der Waals surface area contributed by atoms with Crippen LogP contribution < -0.4 is 5.32 Å². The maximum atomic E-state index is 12.3. The standard InChI is InChI=1S/C17H23ClN2O2/c18-14-3-1-2-12(10-14)13-4-5-15(11-13)19-17(22)20-8-6-16(21)7-9-20/h1-3,10,13,15-16,21H,4-9,11H2,(H,19,22). The molecule has 3 rings (SSSR count). The molecule has 1 heterocycles. The van der Waals surface area contributed by atoms with Crippen molar-refractivity contribution in [2.24, 2.45) is 0 Å². The second kappa shape index (κ2) is 6.88. The third-order valence-electron chi connectivity index (χ3n) is 4.83. The molecule has 2 aliphatic rings. The van der Waals surface area contributed by atoms with Gasteiger partial charge in [0.1, 0.15) is 0 Å². The molecular formula is C17H23ClN2O2. The molecule has 2 N–H and O–H groups in total. The first-order valence-electron chi connectivity index (χ1n) is 8.11. The lowest BCUT2D eigenvalue weighted by atomic mass is 9.97. The van der Waals surface area contributed by atoms with Gasteiger partial charge >= 0.3 is 6.03 Å². The number of rotatable bonds is 2. The highest BCUT2D eigenvalue weighted by molar-refractivity contribution is 6.30. The molecule has 22 heavy (non-hydrogen) atoms. The summed E-state index contributed by atoms with van der Waals surface area (Å²) in [5.41, 5.74) is 1.27. The Labute approximate surface area is 136 Å². The molecule has 2 fully saturated rings. The number of piperidine rings is 1. The lowest BCUT2D eigenvalue weighted by Crippen LogP contribution is -2.48. The number of nitrogens with zero attached hydrogens (tertiary/aromatic N) is 1. The minimum Gasteiger partial charge on any atom is -0.393 e. The monoisotopic (exact) mass is 322 g/mol. The van der Waals surface area contributed by atoms with Gasteiger partial charge in [-0.25, -0.2) is 4.79 Å². The fourth-order valence-corrected chi connectivity index (χ4v) is 3.71.